The molecule has 20 heavy (non-hydrogen) atoms. The zero-order valence-electron chi connectivity index (χ0n) is 11.4. The molecule has 1 N–H and O–H groups in total. The maximum absolute atomic E-state index is 6.07. The molecule has 104 valence electrons. The summed E-state index contributed by atoms with van der Waals surface area (Å²) in [4.78, 5) is 4.49. The zero-order chi connectivity index (χ0) is 13.9. The van der Waals surface area contributed by atoms with Crippen molar-refractivity contribution in [2.75, 3.05) is 0 Å². The molecule has 0 aliphatic heterocycles. The predicted molar refractivity (Wildman–Crippen MR) is 80.4 cm³/mol. The molecule has 1 heterocycles. The van der Waals surface area contributed by atoms with Crippen LogP contribution >= 0.6 is 11.6 Å². The first-order valence-electron chi connectivity index (χ1n) is 6.84. The number of halogens is 1. The normalized spacial score (nSPS) is 14.3. The molecular weight excluding hydrogens is 272 g/mol. The summed E-state index contributed by atoms with van der Waals surface area (Å²) in [5.41, 5.74) is 2.20. The Balaban J connectivity index is 1.71. The Hall–Kier alpha value is -1.58. The van der Waals surface area contributed by atoms with Crippen molar-refractivity contribution in [1.29, 1.82) is 0 Å². The minimum absolute atomic E-state index is 0.575. The van der Waals surface area contributed by atoms with Crippen molar-refractivity contribution in [3.05, 3.63) is 52.7 Å². The van der Waals surface area contributed by atoms with Gasteiger partial charge in [0.1, 0.15) is 5.75 Å². The van der Waals surface area contributed by atoms with Crippen molar-refractivity contribution < 1.29 is 4.74 Å². The highest BCUT2D eigenvalue weighted by atomic mass is 35.5. The molecule has 4 heteroatoms. The van der Waals surface area contributed by atoms with Crippen LogP contribution in [0.3, 0.4) is 0 Å². The smallest absolute Gasteiger partial charge is 0.219 e. The van der Waals surface area contributed by atoms with Crippen LogP contribution in [-0.2, 0) is 6.54 Å². The standard InChI is InChI=1S/C16H17ClN2O/c1-11-12(10-18-13-7-8-13)6-9-16(19-11)20-15-5-3-2-4-14(15)17/h2-6,9,13,18H,7-8,10H2,1H3. The van der Waals surface area contributed by atoms with Crippen LogP contribution in [0.5, 0.6) is 11.6 Å². The molecule has 0 radical (unpaired) electrons. The quantitative estimate of drug-likeness (QED) is 0.900. The van der Waals surface area contributed by atoms with E-state index >= 15 is 0 Å². The maximum atomic E-state index is 6.07. The lowest BCUT2D eigenvalue weighted by Crippen LogP contribution is -2.16. The Morgan fingerprint density at radius 1 is 1.25 bits per heavy atom. The number of hydrogen-bond acceptors (Lipinski definition) is 3. The minimum atomic E-state index is 0.575. The van der Waals surface area contributed by atoms with Crippen LogP contribution in [0.25, 0.3) is 0 Å². The number of para-hydroxylation sites is 1. The molecule has 1 aromatic heterocycles. The van der Waals surface area contributed by atoms with E-state index in [1.165, 1.54) is 18.4 Å². The van der Waals surface area contributed by atoms with Gasteiger partial charge in [-0.1, -0.05) is 29.8 Å². The van der Waals surface area contributed by atoms with Gasteiger partial charge in [0.05, 0.1) is 5.02 Å². The van der Waals surface area contributed by atoms with E-state index in [-0.39, 0.29) is 0 Å². The van der Waals surface area contributed by atoms with Crippen molar-refractivity contribution in [2.24, 2.45) is 0 Å². The van der Waals surface area contributed by atoms with E-state index in [0.29, 0.717) is 22.7 Å². The molecule has 1 saturated carbocycles. The topological polar surface area (TPSA) is 34.1 Å². The summed E-state index contributed by atoms with van der Waals surface area (Å²) < 4.78 is 5.72. The highest BCUT2D eigenvalue weighted by Crippen LogP contribution is 2.28. The number of nitrogens with one attached hydrogen (secondary N) is 1. The summed E-state index contributed by atoms with van der Waals surface area (Å²) in [6.07, 6.45) is 2.58. The van der Waals surface area contributed by atoms with Gasteiger partial charge in [-0.25, -0.2) is 4.98 Å². The number of ether oxygens (including phenoxy) is 1. The van der Waals surface area contributed by atoms with E-state index in [9.17, 15) is 0 Å². The number of rotatable bonds is 5. The first-order valence-corrected chi connectivity index (χ1v) is 7.22. The van der Waals surface area contributed by atoms with Gasteiger partial charge in [-0.15, -0.1) is 0 Å². The Labute approximate surface area is 123 Å². The maximum Gasteiger partial charge on any atom is 0.219 e. The monoisotopic (exact) mass is 288 g/mol. The largest absolute Gasteiger partial charge is 0.437 e. The average Bonchev–Trinajstić information content (AvgIpc) is 3.25. The Morgan fingerprint density at radius 3 is 2.75 bits per heavy atom. The summed E-state index contributed by atoms with van der Waals surface area (Å²) in [6, 6.07) is 12.1. The van der Waals surface area contributed by atoms with Crippen LogP contribution in [-0.4, -0.2) is 11.0 Å². The molecule has 1 aliphatic carbocycles. The van der Waals surface area contributed by atoms with Crippen molar-refractivity contribution in [1.82, 2.24) is 10.3 Å². The molecule has 0 bridgehead atoms. The molecule has 1 aliphatic rings. The third kappa shape index (κ3) is 3.30. The molecule has 3 rings (SSSR count). The molecule has 1 fully saturated rings. The number of hydrogen-bond donors (Lipinski definition) is 1. The Bertz CT molecular complexity index is 611. The molecule has 0 saturated heterocycles. The second-order valence-electron chi connectivity index (χ2n) is 5.08. The lowest BCUT2D eigenvalue weighted by atomic mass is 10.2. The molecular formula is C16H17ClN2O. The molecule has 0 unspecified atom stereocenters. The number of aryl methyl sites for hydroxylation is 1. The van der Waals surface area contributed by atoms with E-state index in [4.69, 9.17) is 16.3 Å². The summed E-state index contributed by atoms with van der Waals surface area (Å²) in [5.74, 6) is 1.20. The summed E-state index contributed by atoms with van der Waals surface area (Å²) in [5, 5.41) is 4.08. The highest BCUT2D eigenvalue weighted by Gasteiger charge is 2.20. The van der Waals surface area contributed by atoms with Crippen molar-refractivity contribution >= 4 is 11.6 Å². The lowest BCUT2D eigenvalue weighted by molar-refractivity contribution is 0.461. The summed E-state index contributed by atoms with van der Waals surface area (Å²) >= 11 is 6.07. The summed E-state index contributed by atoms with van der Waals surface area (Å²) in [7, 11) is 0. The summed E-state index contributed by atoms with van der Waals surface area (Å²) in [6.45, 7) is 2.87. The van der Waals surface area contributed by atoms with Gasteiger partial charge in [0.2, 0.25) is 5.88 Å². The van der Waals surface area contributed by atoms with E-state index < -0.39 is 0 Å². The molecule has 2 aromatic rings. The van der Waals surface area contributed by atoms with Gasteiger partial charge in [-0.2, -0.15) is 0 Å². The van der Waals surface area contributed by atoms with E-state index in [1.807, 2.05) is 31.2 Å². The van der Waals surface area contributed by atoms with Crippen molar-refractivity contribution in [3.8, 4) is 11.6 Å². The van der Waals surface area contributed by atoms with Gasteiger partial charge in [0, 0.05) is 24.3 Å². The zero-order valence-corrected chi connectivity index (χ0v) is 12.2. The fourth-order valence-electron chi connectivity index (χ4n) is 1.99. The number of benzene rings is 1. The van der Waals surface area contributed by atoms with Crippen LogP contribution in [0.15, 0.2) is 36.4 Å². The first-order chi connectivity index (χ1) is 9.72. The fourth-order valence-corrected chi connectivity index (χ4v) is 2.17. The third-order valence-electron chi connectivity index (χ3n) is 3.38. The lowest BCUT2D eigenvalue weighted by Gasteiger charge is -2.10. The fraction of sp³-hybridized carbons (Fsp3) is 0.312. The van der Waals surface area contributed by atoms with Gasteiger partial charge in [0.15, 0.2) is 0 Å². The van der Waals surface area contributed by atoms with Gasteiger partial charge in [-0.3, -0.25) is 0 Å². The first kappa shape index (κ1) is 13.4. The SMILES string of the molecule is Cc1nc(Oc2ccccc2Cl)ccc1CNC1CC1. The van der Waals surface area contributed by atoms with Crippen LogP contribution in [0.2, 0.25) is 5.02 Å². The Kier molecular flexibility index (Phi) is 3.90. The van der Waals surface area contributed by atoms with E-state index in [2.05, 4.69) is 16.4 Å². The third-order valence-corrected chi connectivity index (χ3v) is 3.69. The number of nitrogens with zero attached hydrogens (tertiary/aromatic N) is 1. The number of aromatic nitrogens is 1. The van der Waals surface area contributed by atoms with Gasteiger partial charge < -0.3 is 10.1 Å². The van der Waals surface area contributed by atoms with Gasteiger partial charge in [-0.05, 0) is 37.5 Å². The van der Waals surface area contributed by atoms with Crippen LogP contribution in [0.4, 0.5) is 0 Å². The van der Waals surface area contributed by atoms with Gasteiger partial charge in [0.25, 0.3) is 0 Å². The van der Waals surface area contributed by atoms with Gasteiger partial charge >= 0.3 is 0 Å². The highest BCUT2D eigenvalue weighted by molar-refractivity contribution is 6.32. The predicted octanol–water partition coefficient (Wildman–Crippen LogP) is 4.09. The number of pyridine rings is 1. The van der Waals surface area contributed by atoms with Crippen molar-refractivity contribution in [3.63, 3.8) is 0 Å². The van der Waals surface area contributed by atoms with E-state index in [1.54, 1.807) is 6.07 Å². The molecule has 3 nitrogen and oxygen atoms in total. The molecule has 0 atom stereocenters. The second kappa shape index (κ2) is 5.81. The van der Waals surface area contributed by atoms with Crippen LogP contribution in [0.1, 0.15) is 24.1 Å². The second-order valence-corrected chi connectivity index (χ2v) is 5.49. The molecule has 0 amide bonds. The average molecular weight is 289 g/mol. The molecule has 0 spiro atoms. The van der Waals surface area contributed by atoms with Crippen LogP contribution < -0.4 is 10.1 Å². The van der Waals surface area contributed by atoms with E-state index in [0.717, 1.165) is 12.2 Å². The minimum Gasteiger partial charge on any atom is -0.437 e. The van der Waals surface area contributed by atoms with Crippen molar-refractivity contribution in [2.45, 2.75) is 32.4 Å². The van der Waals surface area contributed by atoms with Crippen LogP contribution in [0, 0.1) is 6.92 Å². The Morgan fingerprint density at radius 2 is 2.05 bits per heavy atom. The molecule has 1 aromatic carbocycles.